The van der Waals surface area contributed by atoms with Crippen molar-refractivity contribution in [2.75, 3.05) is 11.9 Å². The topological polar surface area (TPSA) is 105 Å². The van der Waals surface area contributed by atoms with Crippen LogP contribution in [0.4, 0.5) is 5.69 Å². The molecule has 0 fully saturated rings. The number of nitrogens with zero attached hydrogens (tertiary/aromatic N) is 2. The second-order valence-electron chi connectivity index (χ2n) is 7.02. The monoisotopic (exact) mass is 425 g/mol. The molecular formula is C21H20ClN5O3. The number of nitrogens with one attached hydrogen (secondary N) is 3. The van der Waals surface area contributed by atoms with Gasteiger partial charge in [0.15, 0.2) is 0 Å². The highest BCUT2D eigenvalue weighted by atomic mass is 35.5. The van der Waals surface area contributed by atoms with Gasteiger partial charge in [-0.05, 0) is 36.8 Å². The van der Waals surface area contributed by atoms with Crippen molar-refractivity contribution in [3.05, 3.63) is 59.4 Å². The molecule has 9 heteroatoms. The van der Waals surface area contributed by atoms with Gasteiger partial charge in [0.25, 0.3) is 5.91 Å². The largest absolute Gasteiger partial charge is 0.354 e. The van der Waals surface area contributed by atoms with E-state index in [0.29, 0.717) is 29.4 Å². The van der Waals surface area contributed by atoms with Crippen molar-refractivity contribution in [2.45, 2.75) is 25.4 Å². The SMILES string of the molecule is O=C(CCC1NC(=O)c2ccccc2NC1=O)NCCn1cnc2cc(Cl)ccc21. The highest BCUT2D eigenvalue weighted by Crippen LogP contribution is 2.19. The zero-order valence-electron chi connectivity index (χ0n) is 16.0. The maximum atomic E-state index is 12.4. The summed E-state index contributed by atoms with van der Waals surface area (Å²) < 4.78 is 1.93. The molecule has 1 unspecified atom stereocenters. The summed E-state index contributed by atoms with van der Waals surface area (Å²) in [7, 11) is 0. The third-order valence-corrected chi connectivity index (χ3v) is 5.20. The highest BCUT2D eigenvalue weighted by molar-refractivity contribution is 6.31. The van der Waals surface area contributed by atoms with Gasteiger partial charge in [-0.15, -0.1) is 0 Å². The Morgan fingerprint density at radius 1 is 1.20 bits per heavy atom. The minimum absolute atomic E-state index is 0.120. The Morgan fingerprint density at radius 3 is 2.90 bits per heavy atom. The molecule has 0 spiro atoms. The molecule has 3 amide bonds. The minimum Gasteiger partial charge on any atom is -0.354 e. The molecule has 154 valence electrons. The molecular weight excluding hydrogens is 406 g/mol. The molecule has 2 heterocycles. The molecule has 0 aliphatic carbocycles. The summed E-state index contributed by atoms with van der Waals surface area (Å²) in [5.74, 6) is -0.850. The lowest BCUT2D eigenvalue weighted by Crippen LogP contribution is -2.42. The van der Waals surface area contributed by atoms with E-state index in [-0.39, 0.29) is 30.6 Å². The van der Waals surface area contributed by atoms with Gasteiger partial charge < -0.3 is 20.5 Å². The number of halogens is 1. The summed E-state index contributed by atoms with van der Waals surface area (Å²) in [5, 5.41) is 8.89. The van der Waals surface area contributed by atoms with Gasteiger partial charge in [-0.1, -0.05) is 23.7 Å². The van der Waals surface area contributed by atoms with Crippen molar-refractivity contribution in [3.8, 4) is 0 Å². The van der Waals surface area contributed by atoms with E-state index in [0.717, 1.165) is 11.0 Å². The predicted molar refractivity (Wildman–Crippen MR) is 113 cm³/mol. The first-order chi connectivity index (χ1) is 14.5. The molecule has 0 bridgehead atoms. The van der Waals surface area contributed by atoms with Gasteiger partial charge in [-0.2, -0.15) is 0 Å². The number of anilines is 1. The third kappa shape index (κ3) is 4.28. The average Bonchev–Trinajstić information content (AvgIpc) is 3.07. The van der Waals surface area contributed by atoms with Gasteiger partial charge in [0.05, 0.1) is 28.6 Å². The van der Waals surface area contributed by atoms with E-state index in [2.05, 4.69) is 20.9 Å². The summed E-state index contributed by atoms with van der Waals surface area (Å²) >= 11 is 5.97. The highest BCUT2D eigenvalue weighted by Gasteiger charge is 2.27. The molecule has 1 aliphatic rings. The van der Waals surface area contributed by atoms with Crippen LogP contribution in [0.15, 0.2) is 48.8 Å². The average molecular weight is 426 g/mol. The van der Waals surface area contributed by atoms with Gasteiger partial charge in [-0.25, -0.2) is 4.98 Å². The van der Waals surface area contributed by atoms with Crippen LogP contribution in [0.25, 0.3) is 11.0 Å². The molecule has 1 atom stereocenters. The number of para-hydroxylation sites is 1. The summed E-state index contributed by atoms with van der Waals surface area (Å²) in [5.41, 5.74) is 2.61. The van der Waals surface area contributed by atoms with E-state index >= 15 is 0 Å². The second-order valence-corrected chi connectivity index (χ2v) is 7.46. The molecule has 8 nitrogen and oxygen atoms in total. The van der Waals surface area contributed by atoms with Crippen molar-refractivity contribution >= 4 is 46.0 Å². The summed E-state index contributed by atoms with van der Waals surface area (Å²) in [4.78, 5) is 41.2. The molecule has 4 rings (SSSR count). The van der Waals surface area contributed by atoms with E-state index in [9.17, 15) is 14.4 Å². The molecule has 3 N–H and O–H groups in total. The molecule has 1 aliphatic heterocycles. The first kappa shape index (κ1) is 19.9. The number of hydrogen-bond donors (Lipinski definition) is 3. The Bertz CT molecular complexity index is 1130. The lowest BCUT2D eigenvalue weighted by molar-refractivity contribution is -0.121. The van der Waals surface area contributed by atoms with Crippen LogP contribution >= 0.6 is 11.6 Å². The summed E-state index contributed by atoms with van der Waals surface area (Å²) in [6.45, 7) is 0.974. The summed E-state index contributed by atoms with van der Waals surface area (Å²) in [6, 6.07) is 11.5. The maximum absolute atomic E-state index is 12.4. The van der Waals surface area contributed by atoms with Crippen LogP contribution in [0, 0.1) is 0 Å². The van der Waals surface area contributed by atoms with Crippen LogP contribution in [-0.4, -0.2) is 39.9 Å². The van der Waals surface area contributed by atoms with Crippen LogP contribution in [0.2, 0.25) is 5.02 Å². The fourth-order valence-corrected chi connectivity index (χ4v) is 3.58. The Balaban J connectivity index is 1.27. The maximum Gasteiger partial charge on any atom is 0.254 e. The van der Waals surface area contributed by atoms with E-state index < -0.39 is 6.04 Å². The van der Waals surface area contributed by atoms with Crippen molar-refractivity contribution in [1.82, 2.24) is 20.2 Å². The van der Waals surface area contributed by atoms with Crippen molar-refractivity contribution < 1.29 is 14.4 Å². The number of hydrogen-bond acceptors (Lipinski definition) is 4. The van der Waals surface area contributed by atoms with Gasteiger partial charge in [-0.3, -0.25) is 14.4 Å². The van der Waals surface area contributed by atoms with Crippen LogP contribution in [-0.2, 0) is 16.1 Å². The molecule has 2 aromatic carbocycles. The fourth-order valence-electron chi connectivity index (χ4n) is 3.41. The lowest BCUT2D eigenvalue weighted by Gasteiger charge is -2.14. The zero-order chi connectivity index (χ0) is 21.1. The fraction of sp³-hybridized carbons (Fsp3) is 0.238. The smallest absolute Gasteiger partial charge is 0.254 e. The lowest BCUT2D eigenvalue weighted by atomic mass is 10.1. The molecule has 0 saturated carbocycles. The van der Waals surface area contributed by atoms with Crippen LogP contribution in [0.1, 0.15) is 23.2 Å². The Kier molecular flexibility index (Phi) is 5.67. The van der Waals surface area contributed by atoms with Crippen LogP contribution in [0.5, 0.6) is 0 Å². The number of carbonyl (C=O) groups excluding carboxylic acids is 3. The number of rotatable bonds is 6. The summed E-state index contributed by atoms with van der Waals surface area (Å²) in [6.07, 6.45) is 2.04. The Labute approximate surface area is 177 Å². The molecule has 30 heavy (non-hydrogen) atoms. The van der Waals surface area contributed by atoms with Crippen LogP contribution < -0.4 is 16.0 Å². The Morgan fingerprint density at radius 2 is 2.03 bits per heavy atom. The predicted octanol–water partition coefficient (Wildman–Crippen LogP) is 2.34. The van der Waals surface area contributed by atoms with E-state index in [1.165, 1.54) is 0 Å². The van der Waals surface area contributed by atoms with Crippen molar-refractivity contribution in [2.24, 2.45) is 0 Å². The second kappa shape index (κ2) is 8.54. The number of amides is 3. The van der Waals surface area contributed by atoms with E-state index in [1.54, 1.807) is 42.7 Å². The normalized spacial score (nSPS) is 15.8. The van der Waals surface area contributed by atoms with Gasteiger partial charge >= 0.3 is 0 Å². The third-order valence-electron chi connectivity index (χ3n) is 4.97. The van der Waals surface area contributed by atoms with E-state index in [4.69, 9.17) is 11.6 Å². The molecule has 0 saturated heterocycles. The van der Waals surface area contributed by atoms with Crippen molar-refractivity contribution in [3.63, 3.8) is 0 Å². The number of aromatic nitrogens is 2. The number of fused-ring (bicyclic) bond motifs is 2. The number of imidazole rings is 1. The first-order valence-corrected chi connectivity index (χ1v) is 9.97. The van der Waals surface area contributed by atoms with Gasteiger partial charge in [0, 0.05) is 24.5 Å². The number of carbonyl (C=O) groups is 3. The van der Waals surface area contributed by atoms with Crippen LogP contribution in [0.3, 0.4) is 0 Å². The molecule has 3 aromatic rings. The minimum atomic E-state index is -0.766. The quantitative estimate of drug-likeness (QED) is 0.563. The Hall–Kier alpha value is -3.39. The number of benzene rings is 2. The zero-order valence-corrected chi connectivity index (χ0v) is 16.8. The van der Waals surface area contributed by atoms with Gasteiger partial charge in [0.2, 0.25) is 11.8 Å². The first-order valence-electron chi connectivity index (χ1n) is 9.59. The van der Waals surface area contributed by atoms with Gasteiger partial charge in [0.1, 0.15) is 6.04 Å². The molecule has 0 radical (unpaired) electrons. The standard InChI is InChI=1S/C21H20ClN5O3/c22-13-5-7-18-17(11-13)24-12-27(18)10-9-23-19(28)8-6-16-21(30)25-15-4-2-1-3-14(15)20(29)26-16/h1-5,7,11-12,16H,6,8-10H2,(H,23,28)(H,25,30)(H,26,29). The van der Waals surface area contributed by atoms with E-state index in [1.807, 2.05) is 10.6 Å². The van der Waals surface area contributed by atoms with Crippen molar-refractivity contribution in [1.29, 1.82) is 0 Å². The molecule has 1 aromatic heterocycles.